The molecule has 1 heterocycles. The molecule has 1 aromatic rings. The lowest BCUT2D eigenvalue weighted by Crippen LogP contribution is -2.34. The minimum atomic E-state index is -0.441. The second-order valence-electron chi connectivity index (χ2n) is 5.55. The molecule has 0 aromatic carbocycles. The predicted molar refractivity (Wildman–Crippen MR) is 76.4 cm³/mol. The lowest BCUT2D eigenvalue weighted by atomic mass is 10.2. The molecule has 0 fully saturated rings. The fourth-order valence-electron chi connectivity index (χ4n) is 1.56. The number of nitrogens with one attached hydrogen (secondary N) is 2. The van der Waals surface area contributed by atoms with Gasteiger partial charge >= 0.3 is 6.09 Å². The van der Waals surface area contributed by atoms with Crippen LogP contribution in [0.15, 0.2) is 12.4 Å². The molecule has 7 nitrogen and oxygen atoms in total. The molecule has 1 rings (SSSR count). The van der Waals surface area contributed by atoms with Gasteiger partial charge in [-0.05, 0) is 46.7 Å². The summed E-state index contributed by atoms with van der Waals surface area (Å²) in [5.74, 6) is 0. The molecule has 0 bridgehead atoms. The third kappa shape index (κ3) is 8.47. The first kappa shape index (κ1) is 16.4. The number of carbonyl (C=O) groups excluding carboxylic acids is 1. The summed E-state index contributed by atoms with van der Waals surface area (Å²) in [6.07, 6.45) is 5.05. The van der Waals surface area contributed by atoms with Crippen LogP contribution >= 0.6 is 0 Å². The van der Waals surface area contributed by atoms with E-state index in [9.17, 15) is 4.79 Å². The molecule has 0 saturated heterocycles. The van der Waals surface area contributed by atoms with Gasteiger partial charge in [-0.15, -0.1) is 5.10 Å². The highest BCUT2D eigenvalue weighted by atomic mass is 16.6. The summed E-state index contributed by atoms with van der Waals surface area (Å²) in [4.78, 5) is 11.4. The normalized spacial score (nSPS) is 11.3. The van der Waals surface area contributed by atoms with Crippen LogP contribution in [0, 0.1) is 0 Å². The number of aryl methyl sites for hydroxylation is 1. The van der Waals surface area contributed by atoms with E-state index < -0.39 is 5.60 Å². The van der Waals surface area contributed by atoms with E-state index >= 15 is 0 Å². The number of amides is 1. The summed E-state index contributed by atoms with van der Waals surface area (Å²) in [7, 11) is 0. The van der Waals surface area contributed by atoms with Crippen LogP contribution in [-0.2, 0) is 11.3 Å². The average molecular weight is 283 g/mol. The van der Waals surface area contributed by atoms with Crippen molar-refractivity contribution in [2.45, 2.75) is 45.8 Å². The third-order valence-electron chi connectivity index (χ3n) is 2.41. The van der Waals surface area contributed by atoms with Crippen molar-refractivity contribution >= 4 is 6.09 Å². The van der Waals surface area contributed by atoms with Crippen LogP contribution < -0.4 is 10.6 Å². The molecular weight excluding hydrogens is 258 g/mol. The van der Waals surface area contributed by atoms with E-state index in [1.54, 1.807) is 6.20 Å². The number of ether oxygens (including phenoxy) is 1. The zero-order chi connectivity index (χ0) is 14.8. The van der Waals surface area contributed by atoms with Gasteiger partial charge in [0.2, 0.25) is 0 Å². The Labute approximate surface area is 120 Å². The minimum Gasteiger partial charge on any atom is -0.444 e. The van der Waals surface area contributed by atoms with Crippen molar-refractivity contribution in [3.63, 3.8) is 0 Å². The maximum Gasteiger partial charge on any atom is 0.407 e. The summed E-state index contributed by atoms with van der Waals surface area (Å²) in [5.41, 5.74) is -0.441. The fourth-order valence-corrected chi connectivity index (χ4v) is 1.56. The fraction of sp³-hybridized carbons (Fsp3) is 0.769. The number of rotatable bonds is 8. The quantitative estimate of drug-likeness (QED) is 0.700. The van der Waals surface area contributed by atoms with Crippen LogP contribution in [0.2, 0.25) is 0 Å². The highest BCUT2D eigenvalue weighted by Crippen LogP contribution is 2.06. The molecule has 20 heavy (non-hydrogen) atoms. The van der Waals surface area contributed by atoms with E-state index in [0.29, 0.717) is 6.54 Å². The van der Waals surface area contributed by atoms with Crippen LogP contribution in [0.4, 0.5) is 4.79 Å². The maximum absolute atomic E-state index is 11.4. The standard InChI is InChI=1S/C13H25N5O2/c1-13(2,3)20-12(19)15-8-4-6-14-7-5-10-18-11-9-16-17-18/h9,11,14H,4-8,10H2,1-3H3,(H,15,19). The lowest BCUT2D eigenvalue weighted by molar-refractivity contribution is 0.0527. The summed E-state index contributed by atoms with van der Waals surface area (Å²) < 4.78 is 6.95. The first-order chi connectivity index (χ1) is 9.47. The highest BCUT2D eigenvalue weighted by molar-refractivity contribution is 5.67. The van der Waals surface area contributed by atoms with Crippen molar-refractivity contribution in [3.8, 4) is 0 Å². The molecule has 0 spiro atoms. The van der Waals surface area contributed by atoms with Gasteiger partial charge in [-0.25, -0.2) is 4.79 Å². The summed E-state index contributed by atoms with van der Waals surface area (Å²) >= 11 is 0. The Bertz CT molecular complexity index is 373. The Morgan fingerprint density at radius 2 is 2.00 bits per heavy atom. The van der Waals surface area contributed by atoms with E-state index in [1.165, 1.54) is 0 Å². The van der Waals surface area contributed by atoms with Crippen LogP contribution in [0.5, 0.6) is 0 Å². The molecule has 114 valence electrons. The predicted octanol–water partition coefficient (Wildman–Crippen LogP) is 1.17. The Balaban J connectivity index is 1.88. The Morgan fingerprint density at radius 1 is 1.25 bits per heavy atom. The van der Waals surface area contributed by atoms with E-state index in [2.05, 4.69) is 20.9 Å². The maximum atomic E-state index is 11.4. The van der Waals surface area contributed by atoms with Crippen LogP contribution in [-0.4, -0.2) is 46.3 Å². The van der Waals surface area contributed by atoms with Gasteiger partial charge in [0.15, 0.2) is 0 Å². The van der Waals surface area contributed by atoms with Gasteiger partial charge in [0.05, 0.1) is 6.20 Å². The second-order valence-corrected chi connectivity index (χ2v) is 5.55. The average Bonchev–Trinajstić information content (AvgIpc) is 2.83. The van der Waals surface area contributed by atoms with Crippen molar-refractivity contribution in [2.24, 2.45) is 0 Å². The molecule has 0 aliphatic carbocycles. The van der Waals surface area contributed by atoms with Crippen molar-refractivity contribution < 1.29 is 9.53 Å². The molecule has 0 unspecified atom stereocenters. The van der Waals surface area contributed by atoms with E-state index in [-0.39, 0.29) is 6.09 Å². The summed E-state index contributed by atoms with van der Waals surface area (Å²) in [5, 5.41) is 13.7. The minimum absolute atomic E-state index is 0.358. The number of hydrogen-bond acceptors (Lipinski definition) is 5. The molecule has 0 radical (unpaired) electrons. The molecule has 7 heteroatoms. The SMILES string of the molecule is CC(C)(C)OC(=O)NCCCNCCCn1ccnn1. The van der Waals surface area contributed by atoms with Gasteiger partial charge in [-0.2, -0.15) is 0 Å². The molecule has 0 aliphatic rings. The van der Waals surface area contributed by atoms with Gasteiger partial charge < -0.3 is 15.4 Å². The first-order valence-electron chi connectivity index (χ1n) is 6.99. The van der Waals surface area contributed by atoms with Crippen molar-refractivity contribution in [3.05, 3.63) is 12.4 Å². The number of hydrogen-bond donors (Lipinski definition) is 2. The lowest BCUT2D eigenvalue weighted by Gasteiger charge is -2.19. The number of alkyl carbamates (subject to hydrolysis) is 1. The zero-order valence-electron chi connectivity index (χ0n) is 12.6. The summed E-state index contributed by atoms with van der Waals surface area (Å²) in [6.45, 7) is 8.82. The molecule has 1 amide bonds. The number of nitrogens with zero attached hydrogens (tertiary/aromatic N) is 3. The van der Waals surface area contributed by atoms with E-state index in [0.717, 1.165) is 32.5 Å². The monoisotopic (exact) mass is 283 g/mol. The topological polar surface area (TPSA) is 81.1 Å². The van der Waals surface area contributed by atoms with Gasteiger partial charge in [-0.1, -0.05) is 5.21 Å². The molecule has 0 aliphatic heterocycles. The molecular formula is C13H25N5O2. The van der Waals surface area contributed by atoms with Gasteiger partial charge in [0, 0.05) is 19.3 Å². The van der Waals surface area contributed by atoms with Gasteiger partial charge in [0.1, 0.15) is 5.60 Å². The first-order valence-corrected chi connectivity index (χ1v) is 6.99. The largest absolute Gasteiger partial charge is 0.444 e. The van der Waals surface area contributed by atoms with Crippen LogP contribution in [0.3, 0.4) is 0 Å². The number of aromatic nitrogens is 3. The Kier molecular flexibility index (Phi) is 7.00. The van der Waals surface area contributed by atoms with Crippen molar-refractivity contribution in [2.75, 3.05) is 19.6 Å². The molecule has 2 N–H and O–H groups in total. The second kappa shape index (κ2) is 8.52. The van der Waals surface area contributed by atoms with E-state index in [1.807, 2.05) is 31.6 Å². The van der Waals surface area contributed by atoms with Crippen molar-refractivity contribution in [1.29, 1.82) is 0 Å². The van der Waals surface area contributed by atoms with E-state index in [4.69, 9.17) is 4.74 Å². The number of carbonyl (C=O) groups is 1. The third-order valence-corrected chi connectivity index (χ3v) is 2.41. The zero-order valence-corrected chi connectivity index (χ0v) is 12.6. The van der Waals surface area contributed by atoms with Gasteiger partial charge in [0.25, 0.3) is 0 Å². The Hall–Kier alpha value is -1.63. The summed E-state index contributed by atoms with van der Waals surface area (Å²) in [6, 6.07) is 0. The highest BCUT2D eigenvalue weighted by Gasteiger charge is 2.15. The van der Waals surface area contributed by atoms with Crippen LogP contribution in [0.1, 0.15) is 33.6 Å². The van der Waals surface area contributed by atoms with Gasteiger partial charge in [-0.3, -0.25) is 4.68 Å². The van der Waals surface area contributed by atoms with Crippen molar-refractivity contribution in [1.82, 2.24) is 25.6 Å². The molecule has 0 saturated carbocycles. The smallest absolute Gasteiger partial charge is 0.407 e. The van der Waals surface area contributed by atoms with Crippen LogP contribution in [0.25, 0.3) is 0 Å². The Morgan fingerprint density at radius 3 is 2.65 bits per heavy atom. The molecule has 1 aromatic heterocycles. The molecule has 0 atom stereocenters.